The molecule has 2 rings (SSSR count). The summed E-state index contributed by atoms with van der Waals surface area (Å²) in [7, 11) is -4.03. The van der Waals surface area contributed by atoms with Crippen LogP contribution in [0.2, 0.25) is 0 Å². The van der Waals surface area contributed by atoms with Gasteiger partial charge in [-0.15, -0.1) is 0 Å². The van der Waals surface area contributed by atoms with Crippen molar-refractivity contribution in [1.29, 1.82) is 0 Å². The number of benzene rings is 1. The first-order valence-corrected chi connectivity index (χ1v) is 5.98. The first-order chi connectivity index (χ1) is 7.41. The maximum absolute atomic E-state index is 13.2. The van der Waals surface area contributed by atoms with Gasteiger partial charge in [0, 0.05) is 13.1 Å². The lowest BCUT2D eigenvalue weighted by Crippen LogP contribution is -2.53. The second-order valence-corrected chi connectivity index (χ2v) is 5.46. The maximum Gasteiger partial charge on any atom is 0.246 e. The van der Waals surface area contributed by atoms with Gasteiger partial charge in [-0.25, -0.2) is 17.2 Å². The topological polar surface area (TPSA) is 57.6 Å². The van der Waals surface area contributed by atoms with Crippen LogP contribution in [0.3, 0.4) is 0 Å². The van der Waals surface area contributed by atoms with Gasteiger partial charge in [-0.2, -0.15) is 4.31 Å². The quantitative estimate of drug-likeness (QED) is 0.821. The molecule has 4 nitrogen and oxygen atoms in total. The molecule has 1 saturated heterocycles. The van der Waals surface area contributed by atoms with Crippen molar-refractivity contribution < 1.29 is 22.3 Å². The third-order valence-electron chi connectivity index (χ3n) is 2.34. The van der Waals surface area contributed by atoms with E-state index in [4.69, 9.17) is 5.11 Å². The highest BCUT2D eigenvalue weighted by Gasteiger charge is 2.37. The zero-order valence-electron chi connectivity index (χ0n) is 8.10. The summed E-state index contributed by atoms with van der Waals surface area (Å²) in [5.41, 5.74) is 0. The molecule has 7 heteroatoms. The summed E-state index contributed by atoms with van der Waals surface area (Å²) in [6.45, 7) is -0.170. The average molecular weight is 249 g/mol. The molecule has 0 unspecified atom stereocenters. The number of aliphatic hydroxyl groups is 1. The Hall–Kier alpha value is -1.05. The van der Waals surface area contributed by atoms with Crippen LogP contribution in [0.5, 0.6) is 0 Å². The SMILES string of the molecule is O=S(=O)(c1cc(F)ccc1F)N1CC(O)C1. The Balaban J connectivity index is 2.40. The van der Waals surface area contributed by atoms with E-state index < -0.39 is 32.7 Å². The monoisotopic (exact) mass is 249 g/mol. The summed E-state index contributed by atoms with van der Waals surface area (Å²) in [4.78, 5) is -0.695. The zero-order valence-corrected chi connectivity index (χ0v) is 8.92. The Bertz CT molecular complexity index is 511. The van der Waals surface area contributed by atoms with Crippen molar-refractivity contribution in [3.05, 3.63) is 29.8 Å². The normalized spacial score (nSPS) is 18.4. The Morgan fingerprint density at radius 3 is 2.50 bits per heavy atom. The minimum atomic E-state index is -4.03. The van der Waals surface area contributed by atoms with Gasteiger partial charge in [0.25, 0.3) is 0 Å². The van der Waals surface area contributed by atoms with Crippen LogP contribution in [0, 0.1) is 11.6 Å². The molecule has 16 heavy (non-hydrogen) atoms. The molecule has 0 saturated carbocycles. The summed E-state index contributed by atoms with van der Waals surface area (Å²) in [6.07, 6.45) is -0.730. The average Bonchev–Trinajstić information content (AvgIpc) is 2.16. The van der Waals surface area contributed by atoms with Crippen LogP contribution in [0.25, 0.3) is 0 Å². The Morgan fingerprint density at radius 2 is 1.94 bits per heavy atom. The Labute approximate surface area is 91.2 Å². The molecule has 1 aliphatic heterocycles. The molecule has 1 fully saturated rings. The fourth-order valence-electron chi connectivity index (χ4n) is 1.43. The number of hydrogen-bond acceptors (Lipinski definition) is 3. The van der Waals surface area contributed by atoms with Gasteiger partial charge in [-0.3, -0.25) is 0 Å². The highest BCUT2D eigenvalue weighted by molar-refractivity contribution is 7.89. The van der Waals surface area contributed by atoms with Gasteiger partial charge in [0.05, 0.1) is 6.10 Å². The second kappa shape index (κ2) is 3.76. The molecule has 0 atom stereocenters. The molecule has 0 aliphatic carbocycles. The van der Waals surface area contributed by atoms with Gasteiger partial charge in [0.2, 0.25) is 10.0 Å². The van der Waals surface area contributed by atoms with Crippen molar-refractivity contribution in [2.45, 2.75) is 11.0 Å². The van der Waals surface area contributed by atoms with E-state index in [9.17, 15) is 17.2 Å². The number of sulfonamides is 1. The first kappa shape index (κ1) is 11.4. The molecule has 0 aromatic heterocycles. The molecule has 1 aliphatic rings. The van der Waals surface area contributed by atoms with Gasteiger partial charge >= 0.3 is 0 Å². The van der Waals surface area contributed by atoms with Crippen molar-refractivity contribution in [3.63, 3.8) is 0 Å². The van der Waals surface area contributed by atoms with E-state index in [1.807, 2.05) is 0 Å². The second-order valence-electron chi connectivity index (χ2n) is 3.55. The Morgan fingerprint density at radius 1 is 1.31 bits per heavy atom. The lowest BCUT2D eigenvalue weighted by atomic mass is 10.2. The summed E-state index contributed by atoms with van der Waals surface area (Å²) < 4.78 is 50.5. The van der Waals surface area contributed by atoms with Crippen molar-refractivity contribution >= 4 is 10.0 Å². The van der Waals surface area contributed by atoms with Gasteiger partial charge in [0.1, 0.15) is 16.5 Å². The minimum Gasteiger partial charge on any atom is -0.390 e. The summed E-state index contributed by atoms with van der Waals surface area (Å²) in [6, 6.07) is 2.24. The van der Waals surface area contributed by atoms with E-state index >= 15 is 0 Å². The Kier molecular flexibility index (Phi) is 2.69. The van der Waals surface area contributed by atoms with E-state index in [1.165, 1.54) is 0 Å². The molecule has 0 spiro atoms. The van der Waals surface area contributed by atoms with Crippen molar-refractivity contribution in [1.82, 2.24) is 4.31 Å². The lowest BCUT2D eigenvalue weighted by Gasteiger charge is -2.34. The molecule has 0 amide bonds. The number of rotatable bonds is 2. The fraction of sp³-hybridized carbons (Fsp3) is 0.333. The van der Waals surface area contributed by atoms with Crippen LogP contribution < -0.4 is 0 Å². The van der Waals surface area contributed by atoms with E-state index in [0.717, 1.165) is 16.4 Å². The van der Waals surface area contributed by atoms with E-state index in [-0.39, 0.29) is 13.1 Å². The first-order valence-electron chi connectivity index (χ1n) is 4.54. The predicted molar refractivity (Wildman–Crippen MR) is 51.1 cm³/mol. The van der Waals surface area contributed by atoms with Gasteiger partial charge < -0.3 is 5.11 Å². The van der Waals surface area contributed by atoms with Gasteiger partial charge in [-0.05, 0) is 18.2 Å². The summed E-state index contributed by atoms with van der Waals surface area (Å²) >= 11 is 0. The third-order valence-corrected chi connectivity index (χ3v) is 4.19. The third kappa shape index (κ3) is 1.81. The number of hydrogen-bond donors (Lipinski definition) is 1. The number of aliphatic hydroxyl groups excluding tert-OH is 1. The van der Waals surface area contributed by atoms with Crippen molar-refractivity contribution in [3.8, 4) is 0 Å². The van der Waals surface area contributed by atoms with Crippen LogP contribution in [-0.4, -0.2) is 37.0 Å². The smallest absolute Gasteiger partial charge is 0.246 e. The van der Waals surface area contributed by atoms with Crippen molar-refractivity contribution in [2.75, 3.05) is 13.1 Å². The molecule has 88 valence electrons. The molecule has 0 radical (unpaired) electrons. The fourth-order valence-corrected chi connectivity index (χ4v) is 3.02. The molecular weight excluding hydrogens is 240 g/mol. The standard InChI is InChI=1S/C9H9F2NO3S/c10-6-1-2-8(11)9(3-6)16(14,15)12-4-7(13)5-12/h1-3,7,13H,4-5H2. The highest BCUT2D eigenvalue weighted by Crippen LogP contribution is 2.24. The molecule has 1 N–H and O–H groups in total. The minimum absolute atomic E-state index is 0.0850. The van der Waals surface area contributed by atoms with E-state index in [0.29, 0.717) is 6.07 Å². The summed E-state index contributed by atoms with van der Waals surface area (Å²) in [5.74, 6) is -1.82. The van der Waals surface area contributed by atoms with Crippen LogP contribution in [0.15, 0.2) is 23.1 Å². The van der Waals surface area contributed by atoms with Gasteiger partial charge in [-0.1, -0.05) is 0 Å². The van der Waals surface area contributed by atoms with E-state index in [1.54, 1.807) is 0 Å². The molecule has 1 heterocycles. The van der Waals surface area contributed by atoms with Gasteiger partial charge in [0.15, 0.2) is 0 Å². The number of nitrogens with zero attached hydrogens (tertiary/aromatic N) is 1. The number of halogens is 2. The largest absolute Gasteiger partial charge is 0.390 e. The zero-order chi connectivity index (χ0) is 11.9. The maximum atomic E-state index is 13.2. The van der Waals surface area contributed by atoms with Crippen LogP contribution >= 0.6 is 0 Å². The highest BCUT2D eigenvalue weighted by atomic mass is 32.2. The molecule has 1 aromatic carbocycles. The van der Waals surface area contributed by atoms with Crippen LogP contribution in [-0.2, 0) is 10.0 Å². The van der Waals surface area contributed by atoms with Crippen molar-refractivity contribution in [2.24, 2.45) is 0 Å². The van der Waals surface area contributed by atoms with Crippen LogP contribution in [0.4, 0.5) is 8.78 Å². The molecule has 0 bridgehead atoms. The lowest BCUT2D eigenvalue weighted by molar-refractivity contribution is 0.0546. The van der Waals surface area contributed by atoms with Crippen LogP contribution in [0.1, 0.15) is 0 Å². The van der Waals surface area contributed by atoms with E-state index in [2.05, 4.69) is 0 Å². The molecular formula is C9H9F2NO3S. The predicted octanol–water partition coefficient (Wildman–Crippen LogP) is 0.330. The molecule has 1 aromatic rings. The number of β-amino-alcohol motifs (C(OH)–C–C–N with tert-alkyl or cyclic N) is 1. The summed E-state index contributed by atoms with van der Waals surface area (Å²) in [5, 5.41) is 8.98.